The maximum atomic E-state index is 12.8. The van der Waals surface area contributed by atoms with Gasteiger partial charge in [-0.1, -0.05) is 87.1 Å². The average molecular weight is 575 g/mol. The lowest BCUT2D eigenvalue weighted by atomic mass is 9.89. The molecule has 2 aromatic rings. The predicted octanol–water partition coefficient (Wildman–Crippen LogP) is 7.05. The van der Waals surface area contributed by atoms with E-state index in [9.17, 15) is 19.2 Å². The molecule has 0 aromatic heterocycles. The highest BCUT2D eigenvalue weighted by Crippen LogP contribution is 2.29. The van der Waals surface area contributed by atoms with Crippen LogP contribution in [0, 0.1) is 0 Å². The molecule has 224 valence electrons. The van der Waals surface area contributed by atoms with Gasteiger partial charge in [0.15, 0.2) is 5.78 Å². The summed E-state index contributed by atoms with van der Waals surface area (Å²) in [6.45, 7) is 3.86. The Morgan fingerprint density at radius 3 is 1.93 bits per heavy atom. The molecule has 1 atom stereocenters. The Kier molecular flexibility index (Phi) is 12.7. The number of ketones is 3. The van der Waals surface area contributed by atoms with Crippen LogP contribution in [0.3, 0.4) is 0 Å². The normalized spacial score (nSPS) is 14.2. The summed E-state index contributed by atoms with van der Waals surface area (Å²) in [6.07, 6.45) is 8.48. The summed E-state index contributed by atoms with van der Waals surface area (Å²) >= 11 is 0. The lowest BCUT2D eigenvalue weighted by Crippen LogP contribution is -2.25. The summed E-state index contributed by atoms with van der Waals surface area (Å²) in [7, 11) is 2.74. The first-order valence-electron chi connectivity index (χ1n) is 14.8. The van der Waals surface area contributed by atoms with E-state index in [0.717, 1.165) is 56.9 Å². The number of unbranched alkanes of at least 4 members (excludes halogenated alkanes) is 7. The van der Waals surface area contributed by atoms with Crippen LogP contribution in [0.2, 0.25) is 0 Å². The Bertz CT molecular complexity index is 1320. The fourth-order valence-electron chi connectivity index (χ4n) is 5.10. The molecule has 1 aliphatic carbocycles. The van der Waals surface area contributed by atoms with Gasteiger partial charge in [0.2, 0.25) is 23.1 Å². The third-order valence-corrected chi connectivity index (χ3v) is 7.70. The smallest absolute Gasteiger partial charge is 0.313 e. The van der Waals surface area contributed by atoms with Crippen LogP contribution >= 0.6 is 0 Å². The van der Waals surface area contributed by atoms with Crippen LogP contribution in [-0.4, -0.2) is 44.1 Å². The van der Waals surface area contributed by atoms with Gasteiger partial charge in [-0.05, 0) is 44.7 Å². The zero-order valence-corrected chi connectivity index (χ0v) is 25.2. The monoisotopic (exact) mass is 574 g/mol. The molecule has 0 saturated carbocycles. The Balaban J connectivity index is 1.28. The summed E-state index contributed by atoms with van der Waals surface area (Å²) in [4.78, 5) is 50.5. The molecule has 0 unspecified atom stereocenters. The van der Waals surface area contributed by atoms with Crippen molar-refractivity contribution in [2.45, 2.75) is 77.6 Å². The zero-order valence-electron chi connectivity index (χ0n) is 25.2. The van der Waals surface area contributed by atoms with Crippen molar-refractivity contribution in [2.75, 3.05) is 20.8 Å². The van der Waals surface area contributed by atoms with Gasteiger partial charge in [-0.2, -0.15) is 0 Å². The molecule has 0 aliphatic heterocycles. The van der Waals surface area contributed by atoms with Crippen LogP contribution in [0.15, 0.2) is 77.3 Å². The molecular formula is C35H42O7. The highest BCUT2D eigenvalue weighted by Gasteiger charge is 2.34. The van der Waals surface area contributed by atoms with Gasteiger partial charge >= 0.3 is 5.97 Å². The molecule has 2 aromatic carbocycles. The number of methoxy groups -OCH3 is 2. The summed E-state index contributed by atoms with van der Waals surface area (Å²) in [5, 5.41) is 0. The number of benzene rings is 2. The van der Waals surface area contributed by atoms with Crippen molar-refractivity contribution < 1.29 is 33.4 Å². The Labute approximate surface area is 248 Å². The number of rotatable bonds is 17. The van der Waals surface area contributed by atoms with Gasteiger partial charge in [-0.3, -0.25) is 19.2 Å². The lowest BCUT2D eigenvalue weighted by molar-refractivity contribution is -0.145. The van der Waals surface area contributed by atoms with Crippen LogP contribution < -0.4 is 0 Å². The van der Waals surface area contributed by atoms with Gasteiger partial charge in [0, 0.05) is 22.3 Å². The van der Waals surface area contributed by atoms with Crippen LogP contribution in [0.5, 0.6) is 0 Å². The molecule has 0 bridgehead atoms. The number of hydrogen-bond acceptors (Lipinski definition) is 7. The number of hydrogen-bond donors (Lipinski definition) is 0. The summed E-state index contributed by atoms with van der Waals surface area (Å²) in [5.41, 5.74) is 2.91. The lowest BCUT2D eigenvalue weighted by Gasteiger charge is -2.20. The van der Waals surface area contributed by atoms with E-state index in [2.05, 4.69) is 0 Å². The summed E-state index contributed by atoms with van der Waals surface area (Å²) in [6, 6.07) is 16.3. The van der Waals surface area contributed by atoms with Crippen molar-refractivity contribution in [1.82, 2.24) is 0 Å². The van der Waals surface area contributed by atoms with Gasteiger partial charge in [0.05, 0.1) is 26.7 Å². The molecule has 0 saturated heterocycles. The topological polar surface area (TPSA) is 96.0 Å². The van der Waals surface area contributed by atoms with Crippen molar-refractivity contribution in [3.63, 3.8) is 0 Å². The van der Waals surface area contributed by atoms with E-state index in [0.29, 0.717) is 35.3 Å². The third-order valence-electron chi connectivity index (χ3n) is 7.70. The van der Waals surface area contributed by atoms with Gasteiger partial charge in [-0.15, -0.1) is 0 Å². The standard InChI is InChI=1S/C35H42O7/c1-24(27-19-16-20-28(23-27)31(37)26-17-12-11-13-18-26)35(39)42-22-15-10-8-6-5-7-9-14-21-29-25(2)30(36)33(40-3)34(41-4)32(29)38/h11-13,16-20,23-24H,5-10,14-15,21-22H2,1-4H3/t24-/m1/s1. The maximum absolute atomic E-state index is 12.8. The fraction of sp³-hybridized carbons (Fsp3) is 0.429. The van der Waals surface area contributed by atoms with E-state index >= 15 is 0 Å². The largest absolute Gasteiger partial charge is 0.489 e. The molecule has 7 nitrogen and oxygen atoms in total. The van der Waals surface area contributed by atoms with Crippen molar-refractivity contribution >= 4 is 23.3 Å². The third kappa shape index (κ3) is 8.51. The van der Waals surface area contributed by atoms with Crippen LogP contribution in [0.1, 0.15) is 99.0 Å². The second-order valence-electron chi connectivity index (χ2n) is 10.6. The summed E-state index contributed by atoms with van der Waals surface area (Å²) in [5.74, 6) is -1.37. The van der Waals surface area contributed by atoms with Crippen LogP contribution in [0.25, 0.3) is 0 Å². The number of Topliss-reactive ketones (excluding diaryl/α,β-unsaturated/α-hetero) is 2. The fourth-order valence-corrected chi connectivity index (χ4v) is 5.10. The second-order valence-corrected chi connectivity index (χ2v) is 10.6. The van der Waals surface area contributed by atoms with Crippen LogP contribution in [-0.2, 0) is 28.6 Å². The molecule has 0 fully saturated rings. The number of allylic oxidation sites excluding steroid dienone is 2. The van der Waals surface area contributed by atoms with E-state index in [1.54, 1.807) is 44.2 Å². The van der Waals surface area contributed by atoms with Gasteiger partial charge in [-0.25, -0.2) is 0 Å². The van der Waals surface area contributed by atoms with Crippen LogP contribution in [0.4, 0.5) is 0 Å². The molecule has 1 aliphatic rings. The van der Waals surface area contributed by atoms with E-state index in [4.69, 9.17) is 14.2 Å². The minimum absolute atomic E-state index is 0.00670. The minimum atomic E-state index is -0.450. The Hall–Kier alpha value is -4.00. The quantitative estimate of drug-likeness (QED) is 0.0865. The van der Waals surface area contributed by atoms with Crippen molar-refractivity contribution in [2.24, 2.45) is 0 Å². The molecule has 0 N–H and O–H groups in total. The number of carbonyl (C=O) groups excluding carboxylic acids is 4. The molecule has 0 radical (unpaired) electrons. The molecule has 0 heterocycles. The molecule has 42 heavy (non-hydrogen) atoms. The SMILES string of the molecule is COC1=C(OC)C(=O)C(CCCCCCCCCCOC(=O)[C@H](C)c2cccc(C(=O)c3ccccc3)c2)=C(C)C1=O. The van der Waals surface area contributed by atoms with Crippen molar-refractivity contribution in [3.05, 3.63) is 94.0 Å². The van der Waals surface area contributed by atoms with E-state index in [1.807, 2.05) is 24.3 Å². The molecule has 3 rings (SSSR count). The maximum Gasteiger partial charge on any atom is 0.313 e. The summed E-state index contributed by atoms with van der Waals surface area (Å²) < 4.78 is 15.7. The zero-order chi connectivity index (χ0) is 30.5. The van der Waals surface area contributed by atoms with Gasteiger partial charge in [0.25, 0.3) is 0 Å². The van der Waals surface area contributed by atoms with E-state index < -0.39 is 5.92 Å². The number of ether oxygens (including phenoxy) is 3. The number of carbonyl (C=O) groups is 4. The van der Waals surface area contributed by atoms with Crippen molar-refractivity contribution in [1.29, 1.82) is 0 Å². The Morgan fingerprint density at radius 2 is 1.29 bits per heavy atom. The predicted molar refractivity (Wildman–Crippen MR) is 161 cm³/mol. The van der Waals surface area contributed by atoms with E-state index in [1.165, 1.54) is 14.2 Å². The molecular weight excluding hydrogens is 532 g/mol. The van der Waals surface area contributed by atoms with E-state index in [-0.39, 0.29) is 34.8 Å². The second kappa shape index (κ2) is 16.4. The first-order chi connectivity index (χ1) is 20.3. The molecule has 0 spiro atoms. The first-order valence-corrected chi connectivity index (χ1v) is 14.8. The van der Waals surface area contributed by atoms with Crippen molar-refractivity contribution in [3.8, 4) is 0 Å². The minimum Gasteiger partial charge on any atom is -0.489 e. The Morgan fingerprint density at radius 1 is 0.714 bits per heavy atom. The molecule has 7 heteroatoms. The molecule has 0 amide bonds. The highest BCUT2D eigenvalue weighted by molar-refractivity contribution is 6.23. The highest BCUT2D eigenvalue weighted by atomic mass is 16.5. The number of esters is 1. The van der Waals surface area contributed by atoms with Gasteiger partial charge < -0.3 is 14.2 Å². The first kappa shape index (κ1) is 32.5. The average Bonchev–Trinajstić information content (AvgIpc) is 3.02. The van der Waals surface area contributed by atoms with Gasteiger partial charge in [0.1, 0.15) is 0 Å².